The monoisotopic (exact) mass is 254 g/mol. The highest BCUT2D eigenvalue weighted by Crippen LogP contribution is 2.36. The largest absolute Gasteiger partial charge is 0.459 e. The standard InChI is InChI=1S/C14H22O4/c1-2-3-4-5-6-7-8-11-10-9-12(15)18-13(10)14(16)17-11/h10-11,13H,2-9H2,1H3. The van der Waals surface area contributed by atoms with Gasteiger partial charge in [0.1, 0.15) is 6.10 Å². The van der Waals surface area contributed by atoms with E-state index in [1.807, 2.05) is 0 Å². The third kappa shape index (κ3) is 3.03. The topological polar surface area (TPSA) is 52.6 Å². The van der Waals surface area contributed by atoms with Gasteiger partial charge in [0, 0.05) is 0 Å². The molecular formula is C14H22O4. The van der Waals surface area contributed by atoms with Crippen LogP contribution in [0, 0.1) is 5.92 Å². The van der Waals surface area contributed by atoms with Crippen molar-refractivity contribution >= 4 is 11.9 Å². The summed E-state index contributed by atoms with van der Waals surface area (Å²) in [5.74, 6) is -0.628. The minimum absolute atomic E-state index is 0.0272. The van der Waals surface area contributed by atoms with Gasteiger partial charge in [0.2, 0.25) is 6.10 Å². The summed E-state index contributed by atoms with van der Waals surface area (Å²) >= 11 is 0. The van der Waals surface area contributed by atoms with Crippen molar-refractivity contribution in [2.45, 2.75) is 70.5 Å². The molecule has 2 aliphatic rings. The molecule has 0 amide bonds. The predicted octanol–water partition coefficient (Wildman–Crippen LogP) is 2.59. The first-order valence-electron chi connectivity index (χ1n) is 7.12. The second-order valence-electron chi connectivity index (χ2n) is 5.31. The van der Waals surface area contributed by atoms with E-state index in [0.717, 1.165) is 12.8 Å². The molecule has 0 saturated carbocycles. The Labute approximate surface area is 108 Å². The Morgan fingerprint density at radius 1 is 1.06 bits per heavy atom. The van der Waals surface area contributed by atoms with Crippen LogP contribution in [0.4, 0.5) is 0 Å². The van der Waals surface area contributed by atoms with Gasteiger partial charge in [-0.2, -0.15) is 0 Å². The van der Waals surface area contributed by atoms with Crippen molar-refractivity contribution in [3.8, 4) is 0 Å². The average Bonchev–Trinajstić information content (AvgIpc) is 2.85. The molecule has 3 atom stereocenters. The average molecular weight is 254 g/mol. The van der Waals surface area contributed by atoms with Crippen LogP contribution in [0.1, 0.15) is 58.3 Å². The molecule has 4 nitrogen and oxygen atoms in total. The van der Waals surface area contributed by atoms with Crippen LogP contribution in [0.5, 0.6) is 0 Å². The fourth-order valence-corrected chi connectivity index (χ4v) is 2.83. The quantitative estimate of drug-likeness (QED) is 0.517. The number of cyclic esters (lactones) is 1. The van der Waals surface area contributed by atoms with Crippen molar-refractivity contribution in [1.29, 1.82) is 0 Å². The number of fused-ring (bicyclic) bond motifs is 1. The van der Waals surface area contributed by atoms with Gasteiger partial charge < -0.3 is 9.47 Å². The van der Waals surface area contributed by atoms with Gasteiger partial charge in [-0.3, -0.25) is 4.79 Å². The van der Waals surface area contributed by atoms with Crippen LogP contribution in [0.2, 0.25) is 0 Å². The van der Waals surface area contributed by atoms with Crippen molar-refractivity contribution in [3.63, 3.8) is 0 Å². The summed E-state index contributed by atoms with van der Waals surface area (Å²) in [6.07, 6.45) is 7.84. The molecule has 2 aliphatic heterocycles. The summed E-state index contributed by atoms with van der Waals surface area (Å²) in [4.78, 5) is 22.7. The molecule has 0 radical (unpaired) electrons. The van der Waals surface area contributed by atoms with Crippen LogP contribution >= 0.6 is 0 Å². The molecule has 3 unspecified atom stereocenters. The van der Waals surface area contributed by atoms with Crippen LogP contribution in [0.3, 0.4) is 0 Å². The van der Waals surface area contributed by atoms with Gasteiger partial charge in [-0.1, -0.05) is 39.0 Å². The Hall–Kier alpha value is -1.06. The summed E-state index contributed by atoms with van der Waals surface area (Å²) in [6, 6.07) is 0. The number of carbonyl (C=O) groups is 2. The van der Waals surface area contributed by atoms with Crippen molar-refractivity contribution in [2.24, 2.45) is 5.92 Å². The fraction of sp³-hybridized carbons (Fsp3) is 0.857. The van der Waals surface area contributed by atoms with Gasteiger partial charge in [0.05, 0.1) is 12.3 Å². The maximum absolute atomic E-state index is 11.5. The summed E-state index contributed by atoms with van der Waals surface area (Å²) in [6.45, 7) is 2.20. The molecule has 2 saturated heterocycles. The lowest BCUT2D eigenvalue weighted by Gasteiger charge is -2.13. The van der Waals surface area contributed by atoms with Crippen LogP contribution in [0.25, 0.3) is 0 Å². The third-order valence-electron chi connectivity index (χ3n) is 3.87. The molecule has 0 bridgehead atoms. The molecule has 2 fully saturated rings. The first-order chi connectivity index (χ1) is 8.72. The van der Waals surface area contributed by atoms with Gasteiger partial charge in [-0.25, -0.2) is 4.79 Å². The summed E-state index contributed by atoms with van der Waals surface area (Å²) in [5.41, 5.74) is 0. The van der Waals surface area contributed by atoms with Crippen LogP contribution in [-0.4, -0.2) is 24.1 Å². The molecule has 0 aliphatic carbocycles. The molecule has 2 heterocycles. The Morgan fingerprint density at radius 3 is 2.56 bits per heavy atom. The fourth-order valence-electron chi connectivity index (χ4n) is 2.83. The Kier molecular flexibility index (Phi) is 4.61. The van der Waals surface area contributed by atoms with E-state index >= 15 is 0 Å². The van der Waals surface area contributed by atoms with Crippen molar-refractivity contribution in [2.75, 3.05) is 0 Å². The number of hydrogen-bond donors (Lipinski definition) is 0. The highest BCUT2D eigenvalue weighted by molar-refractivity contribution is 5.85. The number of hydrogen-bond acceptors (Lipinski definition) is 4. The Morgan fingerprint density at radius 2 is 1.78 bits per heavy atom. The van der Waals surface area contributed by atoms with Gasteiger partial charge in [-0.15, -0.1) is 0 Å². The van der Waals surface area contributed by atoms with Crippen LogP contribution in [0.15, 0.2) is 0 Å². The van der Waals surface area contributed by atoms with E-state index in [1.54, 1.807) is 0 Å². The Bertz CT molecular complexity index is 313. The number of ether oxygens (including phenoxy) is 2. The normalized spacial score (nSPS) is 30.2. The second kappa shape index (κ2) is 6.21. The highest BCUT2D eigenvalue weighted by atomic mass is 16.6. The molecule has 102 valence electrons. The zero-order chi connectivity index (χ0) is 13.0. The van der Waals surface area contributed by atoms with E-state index < -0.39 is 6.10 Å². The first kappa shape index (κ1) is 13.4. The summed E-state index contributed by atoms with van der Waals surface area (Å²) < 4.78 is 10.3. The predicted molar refractivity (Wildman–Crippen MR) is 65.9 cm³/mol. The maximum atomic E-state index is 11.5. The number of unbranched alkanes of at least 4 members (excludes halogenated alkanes) is 5. The van der Waals surface area contributed by atoms with E-state index in [1.165, 1.54) is 32.1 Å². The molecule has 0 aromatic rings. The molecule has 0 spiro atoms. The van der Waals surface area contributed by atoms with Crippen molar-refractivity contribution < 1.29 is 19.1 Å². The molecule has 2 rings (SSSR count). The minimum Gasteiger partial charge on any atom is -0.459 e. The van der Waals surface area contributed by atoms with E-state index in [0.29, 0.717) is 6.42 Å². The number of rotatable bonds is 7. The molecule has 4 heteroatoms. The van der Waals surface area contributed by atoms with E-state index in [2.05, 4.69) is 6.92 Å². The number of carbonyl (C=O) groups excluding carboxylic acids is 2. The first-order valence-corrected chi connectivity index (χ1v) is 7.12. The Balaban J connectivity index is 1.67. The second-order valence-corrected chi connectivity index (χ2v) is 5.31. The zero-order valence-corrected chi connectivity index (χ0v) is 11.0. The van der Waals surface area contributed by atoms with Crippen LogP contribution in [-0.2, 0) is 19.1 Å². The molecule has 0 aromatic carbocycles. The third-order valence-corrected chi connectivity index (χ3v) is 3.87. The van der Waals surface area contributed by atoms with Crippen molar-refractivity contribution in [1.82, 2.24) is 0 Å². The molecule has 0 aromatic heterocycles. The lowest BCUT2D eigenvalue weighted by Crippen LogP contribution is -2.20. The molecule has 0 N–H and O–H groups in total. The van der Waals surface area contributed by atoms with E-state index in [4.69, 9.17) is 9.47 Å². The minimum atomic E-state index is -0.609. The zero-order valence-electron chi connectivity index (χ0n) is 11.0. The SMILES string of the molecule is CCCCCCCCC1OC(=O)C2OC(=O)CC12. The number of esters is 2. The summed E-state index contributed by atoms with van der Waals surface area (Å²) in [7, 11) is 0. The molecular weight excluding hydrogens is 232 g/mol. The lowest BCUT2D eigenvalue weighted by molar-refractivity contribution is -0.158. The smallest absolute Gasteiger partial charge is 0.348 e. The van der Waals surface area contributed by atoms with E-state index in [9.17, 15) is 9.59 Å². The molecule has 18 heavy (non-hydrogen) atoms. The van der Waals surface area contributed by atoms with Crippen molar-refractivity contribution in [3.05, 3.63) is 0 Å². The maximum Gasteiger partial charge on any atom is 0.348 e. The summed E-state index contributed by atoms with van der Waals surface area (Å²) in [5, 5.41) is 0. The van der Waals surface area contributed by atoms with Crippen LogP contribution < -0.4 is 0 Å². The van der Waals surface area contributed by atoms with Gasteiger partial charge in [-0.05, 0) is 12.8 Å². The van der Waals surface area contributed by atoms with Gasteiger partial charge >= 0.3 is 11.9 Å². The highest BCUT2D eigenvalue weighted by Gasteiger charge is 2.52. The van der Waals surface area contributed by atoms with Gasteiger partial charge in [0.25, 0.3) is 0 Å². The van der Waals surface area contributed by atoms with Gasteiger partial charge in [0.15, 0.2) is 0 Å². The van der Waals surface area contributed by atoms with E-state index in [-0.39, 0.29) is 24.0 Å². The lowest BCUT2D eigenvalue weighted by atomic mass is 9.93.